The highest BCUT2D eigenvalue weighted by atomic mass is 32.1. The molecule has 0 saturated heterocycles. The Hall–Kier alpha value is -1.27. The average molecular weight is 224 g/mol. The Kier molecular flexibility index (Phi) is 3.08. The Balaban J connectivity index is 2.09. The van der Waals surface area contributed by atoms with Gasteiger partial charge in [0.05, 0.1) is 16.5 Å². The summed E-state index contributed by atoms with van der Waals surface area (Å²) in [7, 11) is 0. The van der Waals surface area contributed by atoms with Crippen molar-refractivity contribution < 1.29 is 5.11 Å². The number of nitrogens with zero attached hydrogens (tertiary/aromatic N) is 4. The third kappa shape index (κ3) is 2.21. The van der Waals surface area contributed by atoms with E-state index in [2.05, 4.69) is 15.1 Å². The lowest BCUT2D eigenvalue weighted by molar-refractivity contribution is 0.177. The third-order valence-corrected chi connectivity index (χ3v) is 3.03. The molecule has 0 aromatic carbocycles. The molecular formula is C9H12N4OS. The van der Waals surface area contributed by atoms with Crippen molar-refractivity contribution in [2.24, 2.45) is 0 Å². The lowest BCUT2D eigenvalue weighted by Crippen LogP contribution is -2.08. The number of hydrogen-bond donors (Lipinski definition) is 1. The Morgan fingerprint density at radius 2 is 2.47 bits per heavy atom. The highest BCUT2D eigenvalue weighted by Crippen LogP contribution is 2.20. The molecule has 0 fully saturated rings. The van der Waals surface area contributed by atoms with E-state index in [-0.39, 0.29) is 0 Å². The maximum atomic E-state index is 9.89. The molecule has 2 aromatic heterocycles. The van der Waals surface area contributed by atoms with Crippen molar-refractivity contribution in [3.8, 4) is 0 Å². The molecule has 0 amide bonds. The van der Waals surface area contributed by atoms with Gasteiger partial charge in [-0.3, -0.25) is 9.67 Å². The standard InChI is InChI=1S/C9H12N4OS/c1-2-13-9(11-5-12-13)3-7(14)8-4-10-6-15-8/h4-7,14H,2-3H2,1H3. The zero-order chi connectivity index (χ0) is 10.7. The first-order chi connectivity index (χ1) is 7.31. The largest absolute Gasteiger partial charge is 0.387 e. The minimum absolute atomic E-state index is 0.482. The van der Waals surface area contributed by atoms with Gasteiger partial charge in [0.1, 0.15) is 12.2 Å². The smallest absolute Gasteiger partial charge is 0.138 e. The van der Waals surface area contributed by atoms with E-state index < -0.39 is 6.10 Å². The summed E-state index contributed by atoms with van der Waals surface area (Å²) in [5, 5.41) is 13.9. The quantitative estimate of drug-likeness (QED) is 0.842. The summed E-state index contributed by atoms with van der Waals surface area (Å²) in [5.41, 5.74) is 1.71. The lowest BCUT2D eigenvalue weighted by atomic mass is 10.2. The summed E-state index contributed by atoms with van der Waals surface area (Å²) >= 11 is 1.45. The van der Waals surface area contributed by atoms with E-state index >= 15 is 0 Å². The van der Waals surface area contributed by atoms with E-state index in [1.54, 1.807) is 16.4 Å². The van der Waals surface area contributed by atoms with Gasteiger partial charge in [0.25, 0.3) is 0 Å². The van der Waals surface area contributed by atoms with Crippen molar-refractivity contribution in [3.05, 3.63) is 28.7 Å². The van der Waals surface area contributed by atoms with Crippen LogP contribution >= 0.6 is 11.3 Å². The number of aryl methyl sites for hydroxylation is 1. The maximum Gasteiger partial charge on any atom is 0.138 e. The van der Waals surface area contributed by atoms with Crippen LogP contribution in [0, 0.1) is 0 Å². The lowest BCUT2D eigenvalue weighted by Gasteiger charge is -2.07. The molecule has 1 atom stereocenters. The molecule has 0 saturated carbocycles. The average Bonchev–Trinajstić information content (AvgIpc) is 2.87. The normalized spacial score (nSPS) is 12.9. The molecular weight excluding hydrogens is 212 g/mol. The first kappa shape index (κ1) is 10.3. The fraction of sp³-hybridized carbons (Fsp3) is 0.444. The molecule has 2 heterocycles. The summed E-state index contributed by atoms with van der Waals surface area (Å²) < 4.78 is 1.78. The molecule has 0 aliphatic heterocycles. The summed E-state index contributed by atoms with van der Waals surface area (Å²) in [6.45, 7) is 2.77. The van der Waals surface area contributed by atoms with Crippen LogP contribution in [-0.4, -0.2) is 24.9 Å². The Bertz CT molecular complexity index is 411. The van der Waals surface area contributed by atoms with Crippen molar-refractivity contribution >= 4 is 11.3 Å². The molecule has 1 N–H and O–H groups in total. The number of rotatable bonds is 4. The summed E-state index contributed by atoms with van der Waals surface area (Å²) in [6.07, 6.45) is 3.14. The number of hydrogen-bond acceptors (Lipinski definition) is 5. The van der Waals surface area contributed by atoms with Gasteiger partial charge in [0.2, 0.25) is 0 Å². The molecule has 80 valence electrons. The molecule has 2 rings (SSSR count). The molecule has 0 aliphatic rings. The minimum atomic E-state index is -0.535. The van der Waals surface area contributed by atoms with Crippen molar-refractivity contribution in [1.82, 2.24) is 19.7 Å². The third-order valence-electron chi connectivity index (χ3n) is 2.15. The first-order valence-electron chi connectivity index (χ1n) is 4.74. The minimum Gasteiger partial charge on any atom is -0.387 e. The Labute approximate surface area is 91.4 Å². The predicted molar refractivity (Wildman–Crippen MR) is 56.5 cm³/mol. The van der Waals surface area contributed by atoms with E-state index in [1.165, 1.54) is 17.7 Å². The van der Waals surface area contributed by atoms with Gasteiger partial charge in [0.15, 0.2) is 0 Å². The topological polar surface area (TPSA) is 63.8 Å². The molecule has 0 radical (unpaired) electrons. The zero-order valence-corrected chi connectivity index (χ0v) is 9.18. The van der Waals surface area contributed by atoms with Crippen LogP contribution in [0.3, 0.4) is 0 Å². The van der Waals surface area contributed by atoms with Gasteiger partial charge in [-0.15, -0.1) is 11.3 Å². The number of aliphatic hydroxyl groups is 1. The molecule has 0 spiro atoms. The van der Waals surface area contributed by atoms with E-state index in [0.29, 0.717) is 6.42 Å². The van der Waals surface area contributed by atoms with Crippen LogP contribution in [0.2, 0.25) is 0 Å². The Morgan fingerprint density at radius 3 is 3.13 bits per heavy atom. The molecule has 0 bridgehead atoms. The van der Waals surface area contributed by atoms with Gasteiger partial charge in [-0.25, -0.2) is 4.98 Å². The summed E-state index contributed by atoms with van der Waals surface area (Å²) in [6, 6.07) is 0. The summed E-state index contributed by atoms with van der Waals surface area (Å²) in [4.78, 5) is 8.91. The van der Waals surface area contributed by atoms with Crippen molar-refractivity contribution in [3.63, 3.8) is 0 Å². The second-order valence-corrected chi connectivity index (χ2v) is 4.03. The molecule has 15 heavy (non-hydrogen) atoms. The second-order valence-electron chi connectivity index (χ2n) is 3.12. The SMILES string of the molecule is CCn1ncnc1CC(O)c1cncs1. The monoisotopic (exact) mass is 224 g/mol. The van der Waals surface area contributed by atoms with E-state index in [0.717, 1.165) is 17.2 Å². The number of aliphatic hydroxyl groups excluding tert-OH is 1. The van der Waals surface area contributed by atoms with Gasteiger partial charge < -0.3 is 5.11 Å². The molecule has 1 unspecified atom stereocenters. The van der Waals surface area contributed by atoms with Crippen molar-refractivity contribution in [1.29, 1.82) is 0 Å². The van der Waals surface area contributed by atoms with Gasteiger partial charge >= 0.3 is 0 Å². The van der Waals surface area contributed by atoms with E-state index in [1.807, 2.05) is 6.92 Å². The van der Waals surface area contributed by atoms with Crippen LogP contribution in [0.1, 0.15) is 23.7 Å². The Morgan fingerprint density at radius 1 is 1.60 bits per heavy atom. The zero-order valence-electron chi connectivity index (χ0n) is 8.37. The maximum absolute atomic E-state index is 9.89. The van der Waals surface area contributed by atoms with E-state index in [9.17, 15) is 5.11 Å². The van der Waals surface area contributed by atoms with Crippen LogP contribution < -0.4 is 0 Å². The summed E-state index contributed by atoms with van der Waals surface area (Å²) in [5.74, 6) is 0.804. The fourth-order valence-corrected chi connectivity index (χ4v) is 1.98. The highest BCUT2D eigenvalue weighted by Gasteiger charge is 2.13. The van der Waals surface area contributed by atoms with Crippen LogP contribution in [0.4, 0.5) is 0 Å². The first-order valence-corrected chi connectivity index (χ1v) is 5.62. The van der Waals surface area contributed by atoms with Gasteiger partial charge in [-0.05, 0) is 6.92 Å². The van der Waals surface area contributed by atoms with Crippen LogP contribution in [-0.2, 0) is 13.0 Å². The van der Waals surface area contributed by atoms with Crippen molar-refractivity contribution in [2.45, 2.75) is 26.0 Å². The van der Waals surface area contributed by atoms with Crippen LogP contribution in [0.25, 0.3) is 0 Å². The molecule has 2 aromatic rings. The van der Waals surface area contributed by atoms with Gasteiger partial charge in [-0.2, -0.15) is 5.10 Å². The highest BCUT2D eigenvalue weighted by molar-refractivity contribution is 7.09. The van der Waals surface area contributed by atoms with Crippen molar-refractivity contribution in [2.75, 3.05) is 0 Å². The predicted octanol–water partition coefficient (Wildman–Crippen LogP) is 1.03. The molecule has 6 heteroatoms. The van der Waals surface area contributed by atoms with Crippen LogP contribution in [0.15, 0.2) is 18.0 Å². The molecule has 0 aliphatic carbocycles. The van der Waals surface area contributed by atoms with E-state index in [4.69, 9.17) is 0 Å². The van der Waals surface area contributed by atoms with Gasteiger partial charge in [0, 0.05) is 19.2 Å². The van der Waals surface area contributed by atoms with Crippen LogP contribution in [0.5, 0.6) is 0 Å². The van der Waals surface area contributed by atoms with Gasteiger partial charge in [-0.1, -0.05) is 0 Å². The number of aromatic nitrogens is 4. The molecule has 5 nitrogen and oxygen atoms in total. The number of thiazole rings is 1. The second kappa shape index (κ2) is 4.50. The fourth-order valence-electron chi connectivity index (χ4n) is 1.37.